The third-order valence-electron chi connectivity index (χ3n) is 1.14. The van der Waals surface area contributed by atoms with Gasteiger partial charge >= 0.3 is 0 Å². The van der Waals surface area contributed by atoms with Gasteiger partial charge in [0.2, 0.25) is 27.1 Å². The average Bonchev–Trinajstić information content (AvgIpc) is 1.97. The quantitative estimate of drug-likeness (QED) is 0.531. The van der Waals surface area contributed by atoms with Crippen molar-refractivity contribution >= 4 is 27.1 Å². The number of rotatable bonds is 6. The zero-order valence-electron chi connectivity index (χ0n) is 10.0. The van der Waals surface area contributed by atoms with Gasteiger partial charge in [0.05, 0.1) is 0 Å². The van der Waals surface area contributed by atoms with Gasteiger partial charge in [-0.05, 0) is 39.3 Å². The van der Waals surface area contributed by atoms with E-state index in [0.29, 0.717) is 5.95 Å². The van der Waals surface area contributed by atoms with Crippen LogP contribution in [-0.4, -0.2) is 27.1 Å². The lowest BCUT2D eigenvalue weighted by molar-refractivity contribution is 0.213. The minimum absolute atomic E-state index is 0.606. The second-order valence-corrected chi connectivity index (χ2v) is 11.0. The predicted octanol–water partition coefficient (Wildman–Crippen LogP) is 1.79. The Hall–Kier alpha value is -0.209. The van der Waals surface area contributed by atoms with E-state index in [0.717, 1.165) is 0 Å². The molecule has 0 aromatic rings. The van der Waals surface area contributed by atoms with Crippen LogP contribution in [0.2, 0.25) is 39.3 Å². The molecule has 3 nitrogen and oxygen atoms in total. The lowest BCUT2D eigenvalue weighted by Crippen LogP contribution is -2.16. The molecule has 0 aliphatic rings. The van der Waals surface area contributed by atoms with Crippen molar-refractivity contribution in [3.05, 3.63) is 12.2 Å². The standard InChI is InChI=1S/C8H22O3Si3/c1-12(2)9-7-8(10-13(3)4)11-14(5)6/h7,12-14H,1-6H3. The van der Waals surface area contributed by atoms with Crippen molar-refractivity contribution in [2.45, 2.75) is 39.3 Å². The molecule has 0 amide bonds. The van der Waals surface area contributed by atoms with Crippen molar-refractivity contribution in [1.29, 1.82) is 0 Å². The molecular weight excluding hydrogens is 228 g/mol. The Labute approximate surface area is 92.2 Å². The molecule has 0 aromatic heterocycles. The Balaban J connectivity index is 4.15. The summed E-state index contributed by atoms with van der Waals surface area (Å²) in [7, 11) is -3.19. The summed E-state index contributed by atoms with van der Waals surface area (Å²) >= 11 is 0. The second kappa shape index (κ2) is 7.13. The SMILES string of the molecule is C[SiH](C)OC=C(O[SiH](C)C)O[SiH](C)C. The largest absolute Gasteiger partial charge is 0.547 e. The normalized spacial score (nSPS) is 10.6. The summed E-state index contributed by atoms with van der Waals surface area (Å²) in [6.45, 7) is 12.7. The second-order valence-electron chi connectivity index (χ2n) is 3.95. The summed E-state index contributed by atoms with van der Waals surface area (Å²) in [6, 6.07) is 0. The van der Waals surface area contributed by atoms with Crippen molar-refractivity contribution in [2.75, 3.05) is 0 Å². The first-order valence-electron chi connectivity index (χ1n) is 5.10. The van der Waals surface area contributed by atoms with Gasteiger partial charge in [0.15, 0.2) is 0 Å². The molecular formula is C8H22O3Si3. The first-order chi connectivity index (χ1) is 6.41. The van der Waals surface area contributed by atoms with Crippen molar-refractivity contribution in [3.63, 3.8) is 0 Å². The Morgan fingerprint density at radius 1 is 0.786 bits per heavy atom. The zero-order chi connectivity index (χ0) is 11.1. The van der Waals surface area contributed by atoms with E-state index in [1.807, 2.05) is 0 Å². The average molecular weight is 251 g/mol. The van der Waals surface area contributed by atoms with Crippen molar-refractivity contribution < 1.29 is 13.3 Å². The van der Waals surface area contributed by atoms with E-state index in [9.17, 15) is 0 Å². The molecule has 0 rings (SSSR count). The van der Waals surface area contributed by atoms with E-state index >= 15 is 0 Å². The fourth-order valence-corrected chi connectivity index (χ4v) is 2.39. The molecule has 0 bridgehead atoms. The Bertz CT molecular complexity index is 169. The molecule has 0 saturated carbocycles. The molecule has 0 aliphatic carbocycles. The first-order valence-corrected chi connectivity index (χ1v) is 13.4. The van der Waals surface area contributed by atoms with Crippen LogP contribution in [0.15, 0.2) is 12.2 Å². The molecule has 0 fully saturated rings. The molecule has 0 spiro atoms. The first kappa shape index (κ1) is 13.8. The van der Waals surface area contributed by atoms with Crippen LogP contribution in [0.5, 0.6) is 0 Å². The van der Waals surface area contributed by atoms with E-state index < -0.39 is 27.1 Å². The van der Waals surface area contributed by atoms with Gasteiger partial charge in [-0.2, -0.15) is 0 Å². The fourth-order valence-electron chi connectivity index (χ4n) is 0.740. The number of hydrogen-bond acceptors (Lipinski definition) is 3. The van der Waals surface area contributed by atoms with E-state index in [1.165, 1.54) is 0 Å². The highest BCUT2D eigenvalue weighted by Crippen LogP contribution is 2.06. The lowest BCUT2D eigenvalue weighted by atomic mass is 11.0. The smallest absolute Gasteiger partial charge is 0.285 e. The maximum atomic E-state index is 5.62. The molecule has 0 aliphatic heterocycles. The summed E-state index contributed by atoms with van der Waals surface area (Å²) in [5, 5.41) is 0. The van der Waals surface area contributed by atoms with Crippen LogP contribution in [0.25, 0.3) is 0 Å². The number of hydrogen-bond donors (Lipinski definition) is 0. The van der Waals surface area contributed by atoms with Gasteiger partial charge in [0.25, 0.3) is 5.95 Å². The summed E-state index contributed by atoms with van der Waals surface area (Å²) in [5.41, 5.74) is 0. The molecule has 0 atom stereocenters. The van der Waals surface area contributed by atoms with Crippen molar-refractivity contribution in [1.82, 2.24) is 0 Å². The molecule has 6 heteroatoms. The molecule has 14 heavy (non-hydrogen) atoms. The van der Waals surface area contributed by atoms with E-state index in [2.05, 4.69) is 39.3 Å². The molecule has 84 valence electrons. The van der Waals surface area contributed by atoms with Crippen molar-refractivity contribution in [3.8, 4) is 0 Å². The topological polar surface area (TPSA) is 27.7 Å². The Morgan fingerprint density at radius 2 is 1.21 bits per heavy atom. The van der Waals surface area contributed by atoms with E-state index in [4.69, 9.17) is 13.3 Å². The van der Waals surface area contributed by atoms with Gasteiger partial charge in [0.1, 0.15) is 6.26 Å². The van der Waals surface area contributed by atoms with Crippen LogP contribution < -0.4 is 0 Å². The third kappa shape index (κ3) is 8.39. The Morgan fingerprint density at radius 3 is 1.50 bits per heavy atom. The summed E-state index contributed by atoms with van der Waals surface area (Å²) in [4.78, 5) is 0. The third-order valence-corrected chi connectivity index (χ3v) is 3.23. The van der Waals surface area contributed by atoms with E-state index in [1.54, 1.807) is 6.26 Å². The van der Waals surface area contributed by atoms with Gasteiger partial charge in [-0.3, -0.25) is 0 Å². The molecule has 0 aromatic carbocycles. The highest BCUT2D eigenvalue weighted by Gasteiger charge is 2.07. The maximum absolute atomic E-state index is 5.62. The maximum Gasteiger partial charge on any atom is 0.285 e. The minimum Gasteiger partial charge on any atom is -0.547 e. The highest BCUT2D eigenvalue weighted by molar-refractivity contribution is 6.50. The summed E-state index contributed by atoms with van der Waals surface area (Å²) in [5.74, 6) is 0.606. The van der Waals surface area contributed by atoms with Crippen LogP contribution >= 0.6 is 0 Å². The lowest BCUT2D eigenvalue weighted by Gasteiger charge is -2.17. The fraction of sp³-hybridized carbons (Fsp3) is 0.750. The summed E-state index contributed by atoms with van der Waals surface area (Å²) in [6.07, 6.45) is 1.66. The zero-order valence-corrected chi connectivity index (χ0v) is 13.5. The Kier molecular flexibility index (Phi) is 7.02. The van der Waals surface area contributed by atoms with Gasteiger partial charge in [-0.15, -0.1) is 0 Å². The summed E-state index contributed by atoms with van der Waals surface area (Å²) < 4.78 is 16.7. The molecule has 0 saturated heterocycles. The van der Waals surface area contributed by atoms with Crippen LogP contribution in [-0.2, 0) is 13.3 Å². The van der Waals surface area contributed by atoms with Gasteiger partial charge in [-0.25, -0.2) is 0 Å². The van der Waals surface area contributed by atoms with Crippen LogP contribution in [0, 0.1) is 0 Å². The molecule has 0 radical (unpaired) electrons. The van der Waals surface area contributed by atoms with Gasteiger partial charge in [-0.1, -0.05) is 0 Å². The monoisotopic (exact) mass is 250 g/mol. The predicted molar refractivity (Wildman–Crippen MR) is 68.0 cm³/mol. The van der Waals surface area contributed by atoms with Gasteiger partial charge < -0.3 is 13.3 Å². The van der Waals surface area contributed by atoms with Gasteiger partial charge in [0, 0.05) is 0 Å². The van der Waals surface area contributed by atoms with Crippen LogP contribution in [0.3, 0.4) is 0 Å². The highest BCUT2D eigenvalue weighted by atomic mass is 28.3. The van der Waals surface area contributed by atoms with Crippen molar-refractivity contribution in [2.24, 2.45) is 0 Å². The van der Waals surface area contributed by atoms with Crippen LogP contribution in [0.1, 0.15) is 0 Å². The minimum atomic E-state index is -1.09. The molecule has 0 unspecified atom stereocenters. The van der Waals surface area contributed by atoms with Crippen LogP contribution in [0.4, 0.5) is 0 Å². The van der Waals surface area contributed by atoms with E-state index in [-0.39, 0.29) is 0 Å². The molecule has 0 heterocycles. The molecule has 0 N–H and O–H groups in total.